The second-order valence-corrected chi connectivity index (χ2v) is 5.38. The molecule has 0 aliphatic carbocycles. The fourth-order valence-electron chi connectivity index (χ4n) is 2.18. The predicted octanol–water partition coefficient (Wildman–Crippen LogP) is 4.24. The van der Waals surface area contributed by atoms with Gasteiger partial charge in [0.25, 0.3) is 5.91 Å². The molecular formula is C19H22N2O2. The third-order valence-electron chi connectivity index (χ3n) is 3.53. The smallest absolute Gasteiger partial charge is 0.255 e. The number of aryl methyl sites for hydroxylation is 1. The van der Waals surface area contributed by atoms with Crippen LogP contribution in [0, 0.1) is 0 Å². The molecule has 4 heteroatoms. The summed E-state index contributed by atoms with van der Waals surface area (Å²) in [6.07, 6.45) is 2.27. The summed E-state index contributed by atoms with van der Waals surface area (Å²) in [4.78, 5) is 23.7. The fourth-order valence-corrected chi connectivity index (χ4v) is 2.18. The van der Waals surface area contributed by atoms with Gasteiger partial charge in [0, 0.05) is 23.4 Å². The Morgan fingerprint density at radius 1 is 0.826 bits per heavy atom. The molecule has 0 atom stereocenters. The number of benzene rings is 2. The van der Waals surface area contributed by atoms with Crippen molar-refractivity contribution in [1.82, 2.24) is 0 Å². The van der Waals surface area contributed by atoms with E-state index in [0.717, 1.165) is 18.5 Å². The summed E-state index contributed by atoms with van der Waals surface area (Å²) in [5.74, 6) is -0.143. The lowest BCUT2D eigenvalue weighted by atomic mass is 10.1. The Balaban J connectivity index is 1.96. The van der Waals surface area contributed by atoms with E-state index in [1.165, 1.54) is 5.56 Å². The van der Waals surface area contributed by atoms with Crippen molar-refractivity contribution in [2.75, 3.05) is 10.6 Å². The molecule has 0 heterocycles. The summed E-state index contributed by atoms with van der Waals surface area (Å²) in [6, 6.07) is 14.7. The largest absolute Gasteiger partial charge is 0.326 e. The number of anilines is 2. The number of carbonyl (C=O) groups excluding carboxylic acids is 2. The Kier molecular flexibility index (Phi) is 5.92. The summed E-state index contributed by atoms with van der Waals surface area (Å²) in [7, 11) is 0. The molecule has 2 N–H and O–H groups in total. The third-order valence-corrected chi connectivity index (χ3v) is 3.53. The fraction of sp³-hybridized carbons (Fsp3) is 0.263. The first-order chi connectivity index (χ1) is 11.1. The molecule has 0 aliphatic heterocycles. The van der Waals surface area contributed by atoms with Crippen LogP contribution in [-0.2, 0) is 11.2 Å². The van der Waals surface area contributed by atoms with Gasteiger partial charge in [0.05, 0.1) is 0 Å². The standard InChI is InChI=1S/C19H22N2O2/c1-3-5-18(22)20-16-10-12-17(13-11-16)21-19(23)15-8-6-14(4-2)7-9-15/h6-13H,3-5H2,1-2H3,(H,20,22)(H,21,23). The van der Waals surface area contributed by atoms with Gasteiger partial charge in [0.2, 0.25) is 5.91 Å². The molecule has 0 aliphatic rings. The number of amides is 2. The second-order valence-electron chi connectivity index (χ2n) is 5.38. The first-order valence-electron chi connectivity index (χ1n) is 7.92. The number of hydrogen-bond acceptors (Lipinski definition) is 2. The van der Waals surface area contributed by atoms with Crippen LogP contribution in [-0.4, -0.2) is 11.8 Å². The molecule has 2 aromatic rings. The maximum absolute atomic E-state index is 12.2. The Morgan fingerprint density at radius 3 is 1.91 bits per heavy atom. The highest BCUT2D eigenvalue weighted by molar-refractivity contribution is 6.04. The molecule has 0 unspecified atom stereocenters. The van der Waals surface area contributed by atoms with E-state index in [2.05, 4.69) is 17.6 Å². The molecule has 0 aromatic heterocycles. The molecule has 2 rings (SSSR count). The molecular weight excluding hydrogens is 288 g/mol. The van der Waals surface area contributed by atoms with Gasteiger partial charge in [-0.2, -0.15) is 0 Å². The minimum absolute atomic E-state index is 0.000277. The van der Waals surface area contributed by atoms with Crippen LogP contribution in [0.3, 0.4) is 0 Å². The van der Waals surface area contributed by atoms with E-state index in [-0.39, 0.29) is 11.8 Å². The first kappa shape index (κ1) is 16.7. The molecule has 0 saturated carbocycles. The van der Waals surface area contributed by atoms with Crippen molar-refractivity contribution in [3.05, 3.63) is 59.7 Å². The molecule has 0 saturated heterocycles. The lowest BCUT2D eigenvalue weighted by Gasteiger charge is -2.08. The molecule has 23 heavy (non-hydrogen) atoms. The quantitative estimate of drug-likeness (QED) is 0.838. The molecule has 0 spiro atoms. The van der Waals surface area contributed by atoms with E-state index >= 15 is 0 Å². The van der Waals surface area contributed by atoms with E-state index in [1.807, 2.05) is 31.2 Å². The van der Waals surface area contributed by atoms with Gasteiger partial charge in [-0.3, -0.25) is 9.59 Å². The zero-order chi connectivity index (χ0) is 16.7. The Morgan fingerprint density at radius 2 is 1.39 bits per heavy atom. The Bertz CT molecular complexity index is 661. The van der Waals surface area contributed by atoms with Crippen LogP contribution in [0.25, 0.3) is 0 Å². The summed E-state index contributed by atoms with van der Waals surface area (Å²) in [6.45, 7) is 4.04. The van der Waals surface area contributed by atoms with Crippen molar-refractivity contribution in [2.24, 2.45) is 0 Å². The number of rotatable bonds is 6. The van der Waals surface area contributed by atoms with E-state index in [1.54, 1.807) is 24.3 Å². The van der Waals surface area contributed by atoms with Gasteiger partial charge in [0.15, 0.2) is 0 Å². The van der Waals surface area contributed by atoms with Gasteiger partial charge in [-0.15, -0.1) is 0 Å². The van der Waals surface area contributed by atoms with Crippen LogP contribution in [0.4, 0.5) is 11.4 Å². The van der Waals surface area contributed by atoms with Crippen molar-refractivity contribution in [3.8, 4) is 0 Å². The molecule has 2 amide bonds. The van der Waals surface area contributed by atoms with E-state index in [9.17, 15) is 9.59 Å². The van der Waals surface area contributed by atoms with Crippen LogP contribution >= 0.6 is 0 Å². The summed E-state index contributed by atoms with van der Waals surface area (Å²) in [5, 5.41) is 5.67. The Labute approximate surface area is 136 Å². The number of carbonyl (C=O) groups is 2. The maximum atomic E-state index is 12.2. The third kappa shape index (κ3) is 4.95. The average Bonchev–Trinajstić information content (AvgIpc) is 2.57. The summed E-state index contributed by atoms with van der Waals surface area (Å²) >= 11 is 0. The van der Waals surface area contributed by atoms with Crippen molar-refractivity contribution < 1.29 is 9.59 Å². The van der Waals surface area contributed by atoms with E-state index in [0.29, 0.717) is 17.7 Å². The van der Waals surface area contributed by atoms with Crippen LogP contribution in [0.5, 0.6) is 0 Å². The molecule has 0 radical (unpaired) electrons. The SMILES string of the molecule is CCCC(=O)Nc1ccc(NC(=O)c2ccc(CC)cc2)cc1. The van der Waals surface area contributed by atoms with E-state index in [4.69, 9.17) is 0 Å². The van der Waals surface area contributed by atoms with Crippen molar-refractivity contribution in [3.63, 3.8) is 0 Å². The molecule has 2 aromatic carbocycles. The monoisotopic (exact) mass is 310 g/mol. The molecule has 120 valence electrons. The highest BCUT2D eigenvalue weighted by Crippen LogP contribution is 2.15. The molecule has 0 bridgehead atoms. The molecule has 0 fully saturated rings. The maximum Gasteiger partial charge on any atom is 0.255 e. The van der Waals surface area contributed by atoms with Gasteiger partial charge < -0.3 is 10.6 Å². The first-order valence-corrected chi connectivity index (χ1v) is 7.92. The number of nitrogens with one attached hydrogen (secondary N) is 2. The van der Waals surface area contributed by atoms with Gasteiger partial charge in [-0.1, -0.05) is 26.0 Å². The average molecular weight is 310 g/mol. The minimum atomic E-state index is -0.143. The number of hydrogen-bond donors (Lipinski definition) is 2. The topological polar surface area (TPSA) is 58.2 Å². The van der Waals surface area contributed by atoms with Gasteiger partial charge in [-0.05, 0) is 54.8 Å². The lowest BCUT2D eigenvalue weighted by Crippen LogP contribution is -2.12. The van der Waals surface area contributed by atoms with Crippen LogP contribution < -0.4 is 10.6 Å². The van der Waals surface area contributed by atoms with Gasteiger partial charge >= 0.3 is 0 Å². The second kappa shape index (κ2) is 8.13. The Hall–Kier alpha value is -2.62. The highest BCUT2D eigenvalue weighted by Gasteiger charge is 2.06. The van der Waals surface area contributed by atoms with Crippen molar-refractivity contribution >= 4 is 23.2 Å². The summed E-state index contributed by atoms with van der Waals surface area (Å²) < 4.78 is 0. The highest BCUT2D eigenvalue weighted by atomic mass is 16.2. The van der Waals surface area contributed by atoms with Crippen molar-refractivity contribution in [2.45, 2.75) is 33.1 Å². The zero-order valence-electron chi connectivity index (χ0n) is 13.6. The predicted molar refractivity (Wildman–Crippen MR) is 93.8 cm³/mol. The normalized spacial score (nSPS) is 10.2. The van der Waals surface area contributed by atoms with Crippen LogP contribution in [0.15, 0.2) is 48.5 Å². The van der Waals surface area contributed by atoms with Gasteiger partial charge in [-0.25, -0.2) is 0 Å². The van der Waals surface area contributed by atoms with Crippen molar-refractivity contribution in [1.29, 1.82) is 0 Å². The van der Waals surface area contributed by atoms with E-state index < -0.39 is 0 Å². The lowest BCUT2D eigenvalue weighted by molar-refractivity contribution is -0.116. The van der Waals surface area contributed by atoms with Gasteiger partial charge in [0.1, 0.15) is 0 Å². The van der Waals surface area contributed by atoms with Crippen LogP contribution in [0.1, 0.15) is 42.6 Å². The minimum Gasteiger partial charge on any atom is -0.326 e. The van der Waals surface area contributed by atoms with Crippen LogP contribution in [0.2, 0.25) is 0 Å². The zero-order valence-corrected chi connectivity index (χ0v) is 13.6. The summed E-state index contributed by atoms with van der Waals surface area (Å²) in [5.41, 5.74) is 3.26. The molecule has 4 nitrogen and oxygen atoms in total.